The minimum atomic E-state index is -4.94. The van der Waals surface area contributed by atoms with Gasteiger partial charge in [0.05, 0.1) is 29.4 Å². The van der Waals surface area contributed by atoms with Gasteiger partial charge in [0.2, 0.25) is 5.91 Å². The normalized spacial score (nSPS) is 10.7. The van der Waals surface area contributed by atoms with Crippen molar-refractivity contribution in [1.82, 2.24) is 5.06 Å². The van der Waals surface area contributed by atoms with Crippen LogP contribution in [0.4, 0.5) is 52.7 Å². The van der Waals surface area contributed by atoms with E-state index in [4.69, 9.17) is 0 Å². The summed E-state index contributed by atoms with van der Waals surface area (Å²) < 4.78 is 148. The zero-order chi connectivity index (χ0) is 37.0. The minimum absolute atomic E-state index is 0. The van der Waals surface area contributed by atoms with Gasteiger partial charge in [-0.05, 0) is 36.4 Å². The fourth-order valence-corrected chi connectivity index (χ4v) is 3.29. The summed E-state index contributed by atoms with van der Waals surface area (Å²) in [5, 5.41) is 1.23. The van der Waals surface area contributed by atoms with E-state index in [1.807, 2.05) is 34.1 Å². The Morgan fingerprint density at radius 1 is 0.647 bits per heavy atom. The SMILES string of the molecule is C.C.C.CC(C)C(=O)c1cc(C(F)(F)F)cc(C(F)(F)F)c1.CON(C)C(=O)C(C)C.C[CH-]C.FC(F)(F)c1cc(Br)cc(C(F)(F)F)c1.[Cl-].[Mg+2]. The molecule has 296 valence electrons. The van der Waals surface area contributed by atoms with Crippen molar-refractivity contribution >= 4 is 50.7 Å². The number of ketones is 1. The number of carbonyl (C=O) groups excluding carboxylic acids is 2. The summed E-state index contributed by atoms with van der Waals surface area (Å²) in [7, 11) is 3.07. The van der Waals surface area contributed by atoms with Gasteiger partial charge >= 0.3 is 47.8 Å². The van der Waals surface area contributed by atoms with Crippen molar-refractivity contribution in [2.75, 3.05) is 14.2 Å². The fourth-order valence-electron chi connectivity index (χ4n) is 2.80. The standard InChI is InChI=1S/C12H10F6O.C8H3BrF6.C6H13NO2.C3H7.3CH4.ClH.Mg/c1-6(2)10(19)7-3-8(11(13,14)15)5-9(4-7)12(16,17)18;9-6-2-4(7(10,11)12)1-5(3-6)8(13,14)15;1-5(2)6(8)7(3)9-4;1-3-2;;;;;/h3-6H,1-2H3;1-3H;5H,1-4H3;3H,1-2H3;3*1H4;1H;/q;;;-1;;;;;+2/p-1. The molecule has 0 unspecified atom stereocenters. The molecule has 0 saturated heterocycles. The molecule has 2 aromatic carbocycles. The number of hydrogen-bond acceptors (Lipinski definition) is 3. The molecule has 0 aliphatic rings. The van der Waals surface area contributed by atoms with Gasteiger partial charge in [-0.1, -0.05) is 65.9 Å². The predicted octanol–water partition coefficient (Wildman–Crippen LogP) is 9.47. The third-order valence-corrected chi connectivity index (χ3v) is 5.48. The Balaban J connectivity index is -0.000000109. The molecule has 19 heteroatoms. The van der Waals surface area contributed by atoms with E-state index in [1.54, 1.807) is 7.05 Å². The van der Waals surface area contributed by atoms with Crippen LogP contribution >= 0.6 is 15.9 Å². The first-order valence-electron chi connectivity index (χ1n) is 12.9. The summed E-state index contributed by atoms with van der Waals surface area (Å²) in [6.45, 7) is 10.5. The van der Waals surface area contributed by atoms with E-state index < -0.39 is 64.2 Å². The number of Topliss-reactive ketones (excluding diaryl/α,β-unsaturated/α-hetero) is 1. The van der Waals surface area contributed by atoms with Gasteiger partial charge in [-0.2, -0.15) is 66.5 Å². The molecular formula is C32H45BrClF12MgNO3. The number of alkyl halides is 12. The van der Waals surface area contributed by atoms with Crippen molar-refractivity contribution in [3.63, 3.8) is 0 Å². The van der Waals surface area contributed by atoms with Gasteiger partial charge in [-0.25, -0.2) is 5.06 Å². The number of amides is 1. The summed E-state index contributed by atoms with van der Waals surface area (Å²) in [6.07, 6.45) is -17.5. The van der Waals surface area contributed by atoms with Crippen molar-refractivity contribution in [3.05, 3.63) is 75.1 Å². The third kappa shape index (κ3) is 25.0. The summed E-state index contributed by atoms with van der Waals surface area (Å²) in [5.74, 6) is -1.45. The molecule has 0 aromatic heterocycles. The monoisotopic (exact) mass is 857 g/mol. The summed E-state index contributed by atoms with van der Waals surface area (Å²) in [6, 6.07) is 2.14. The number of rotatable bonds is 4. The molecular weight excluding hydrogens is 814 g/mol. The minimum Gasteiger partial charge on any atom is -1.00 e. The van der Waals surface area contributed by atoms with E-state index in [9.17, 15) is 62.3 Å². The second kappa shape index (κ2) is 26.9. The molecule has 4 nitrogen and oxygen atoms in total. The fraction of sp³-hybridized carbons (Fsp3) is 0.531. The van der Waals surface area contributed by atoms with Gasteiger partial charge in [0, 0.05) is 28.9 Å². The Morgan fingerprint density at radius 3 is 1.08 bits per heavy atom. The smallest absolute Gasteiger partial charge is 1.00 e. The predicted molar refractivity (Wildman–Crippen MR) is 176 cm³/mol. The van der Waals surface area contributed by atoms with Gasteiger partial charge in [0.1, 0.15) is 0 Å². The van der Waals surface area contributed by atoms with Crippen LogP contribution in [0.25, 0.3) is 0 Å². The Bertz CT molecular complexity index is 1200. The van der Waals surface area contributed by atoms with Gasteiger partial charge in [-0.15, -0.1) is 0 Å². The van der Waals surface area contributed by atoms with Crippen molar-refractivity contribution in [3.8, 4) is 0 Å². The Kier molecular flexibility index (Phi) is 33.9. The topological polar surface area (TPSA) is 46.6 Å². The van der Waals surface area contributed by atoms with Crippen LogP contribution in [-0.2, 0) is 34.3 Å². The van der Waals surface area contributed by atoms with Crippen LogP contribution in [0.3, 0.4) is 0 Å². The number of nitrogens with zero attached hydrogens (tertiary/aromatic N) is 1. The quantitative estimate of drug-likeness (QED) is 0.101. The third-order valence-electron chi connectivity index (χ3n) is 5.03. The Labute approximate surface area is 323 Å². The van der Waals surface area contributed by atoms with Crippen LogP contribution in [0.1, 0.15) is 96.4 Å². The van der Waals surface area contributed by atoms with Crippen LogP contribution in [0.2, 0.25) is 0 Å². The number of hydroxylamine groups is 2. The summed E-state index contributed by atoms with van der Waals surface area (Å²) in [4.78, 5) is 27.1. The van der Waals surface area contributed by atoms with E-state index >= 15 is 0 Å². The van der Waals surface area contributed by atoms with E-state index in [0.717, 1.165) is 0 Å². The van der Waals surface area contributed by atoms with Crippen LogP contribution in [0, 0.1) is 18.3 Å². The Morgan fingerprint density at radius 2 is 0.902 bits per heavy atom. The number of halogens is 14. The first-order chi connectivity index (χ1) is 20.5. The van der Waals surface area contributed by atoms with Crippen LogP contribution in [0.5, 0.6) is 0 Å². The maximum Gasteiger partial charge on any atom is 2.00 e. The molecule has 0 atom stereocenters. The number of carbonyl (C=O) groups is 2. The van der Waals surface area contributed by atoms with E-state index in [2.05, 4.69) is 20.8 Å². The van der Waals surface area contributed by atoms with E-state index in [1.165, 1.54) is 26.0 Å². The maximum absolute atomic E-state index is 12.5. The largest absolute Gasteiger partial charge is 2.00 e. The molecule has 0 saturated carbocycles. The molecule has 0 aliphatic heterocycles. The molecule has 1 amide bonds. The van der Waals surface area contributed by atoms with Crippen molar-refractivity contribution < 1.29 is 79.5 Å². The molecule has 0 N–H and O–H groups in total. The molecule has 0 fully saturated rings. The first-order valence-corrected chi connectivity index (χ1v) is 13.7. The molecule has 51 heavy (non-hydrogen) atoms. The van der Waals surface area contributed by atoms with Gasteiger partial charge in [-0.3, -0.25) is 14.4 Å². The molecule has 0 aliphatic carbocycles. The number of hydrogen-bond donors (Lipinski definition) is 0. The summed E-state index contributed by atoms with van der Waals surface area (Å²) in [5.41, 5.74) is -6.21. The van der Waals surface area contributed by atoms with Gasteiger partial charge in [0.15, 0.2) is 5.78 Å². The molecule has 2 rings (SSSR count). The second-order valence-corrected chi connectivity index (χ2v) is 10.7. The molecule has 0 bridgehead atoms. The Hall–Kier alpha value is -1.76. The maximum atomic E-state index is 12.5. The van der Waals surface area contributed by atoms with Crippen LogP contribution in [0.15, 0.2) is 40.9 Å². The van der Waals surface area contributed by atoms with Crippen molar-refractivity contribution in [2.24, 2.45) is 11.8 Å². The van der Waals surface area contributed by atoms with E-state index in [-0.39, 0.29) is 86.2 Å². The van der Waals surface area contributed by atoms with Crippen LogP contribution in [-0.4, -0.2) is 54.0 Å². The van der Waals surface area contributed by atoms with Crippen molar-refractivity contribution in [2.45, 2.75) is 88.5 Å². The second-order valence-electron chi connectivity index (χ2n) is 9.79. The molecule has 0 radical (unpaired) electrons. The van der Waals surface area contributed by atoms with Gasteiger partial charge < -0.3 is 18.8 Å². The summed E-state index contributed by atoms with van der Waals surface area (Å²) >= 11 is 2.60. The number of benzene rings is 2. The molecule has 0 heterocycles. The van der Waals surface area contributed by atoms with Crippen LogP contribution < -0.4 is 12.4 Å². The zero-order valence-corrected chi connectivity index (χ0v) is 30.6. The molecule has 2 aromatic rings. The zero-order valence-electron chi connectivity index (χ0n) is 26.9. The molecule has 0 spiro atoms. The van der Waals surface area contributed by atoms with E-state index in [0.29, 0.717) is 24.3 Å². The van der Waals surface area contributed by atoms with Crippen molar-refractivity contribution in [1.29, 1.82) is 0 Å². The average Bonchev–Trinajstić information content (AvgIpc) is 2.90. The average molecular weight is 859 g/mol. The first kappa shape index (κ1) is 64.2. The van der Waals surface area contributed by atoms with Gasteiger partial charge in [0.25, 0.3) is 0 Å².